The fraction of sp³-hybridized carbons (Fsp3) is 0.500. The molecular weight excluding hydrogens is 460 g/mol. The SMILES string of the molecule is Cc1csc([C@H](C)N(C)C(=O)c2cc(NS(=O)(=O)N(C)C)cc3nc(CC(C)C)n(C)c23)n1. The van der Waals surface area contributed by atoms with Gasteiger partial charge in [-0.1, -0.05) is 13.8 Å². The van der Waals surface area contributed by atoms with Gasteiger partial charge in [-0.05, 0) is 31.9 Å². The summed E-state index contributed by atoms with van der Waals surface area (Å²) in [6, 6.07) is 3.02. The molecule has 0 fully saturated rings. The highest BCUT2D eigenvalue weighted by molar-refractivity contribution is 7.90. The van der Waals surface area contributed by atoms with Crippen LogP contribution in [0.4, 0.5) is 5.69 Å². The van der Waals surface area contributed by atoms with Crippen molar-refractivity contribution in [2.24, 2.45) is 13.0 Å². The number of amides is 1. The van der Waals surface area contributed by atoms with Crippen molar-refractivity contribution in [1.82, 2.24) is 23.7 Å². The number of rotatable bonds is 8. The molecule has 1 atom stereocenters. The zero-order valence-electron chi connectivity index (χ0n) is 20.4. The molecule has 2 heterocycles. The number of hydrogen-bond donors (Lipinski definition) is 1. The third-order valence-electron chi connectivity index (χ3n) is 5.51. The molecule has 1 aromatic carbocycles. The van der Waals surface area contributed by atoms with E-state index in [4.69, 9.17) is 4.98 Å². The number of aromatic nitrogens is 3. The minimum atomic E-state index is -3.75. The third kappa shape index (κ3) is 5.20. The molecular formula is C22H32N6O3S2. The first-order valence-electron chi connectivity index (χ1n) is 10.7. The van der Waals surface area contributed by atoms with Crippen LogP contribution in [0.1, 0.15) is 53.7 Å². The van der Waals surface area contributed by atoms with Crippen LogP contribution in [0, 0.1) is 12.8 Å². The van der Waals surface area contributed by atoms with Crippen molar-refractivity contribution >= 4 is 44.2 Å². The molecule has 33 heavy (non-hydrogen) atoms. The highest BCUT2D eigenvalue weighted by Crippen LogP contribution is 2.30. The standard InChI is InChI=1S/C22H32N6O3S2/c1-13(2)9-19-24-18-11-16(25-33(30,31)26(5)6)10-17(20(18)28(19)8)22(29)27(7)15(4)21-23-14(3)12-32-21/h10-13,15,25H,9H2,1-8H3/t15-/m0/s1. The number of fused-ring (bicyclic) bond motifs is 1. The van der Waals surface area contributed by atoms with E-state index in [2.05, 4.69) is 23.6 Å². The van der Waals surface area contributed by atoms with Gasteiger partial charge >= 0.3 is 10.2 Å². The average molecular weight is 493 g/mol. The van der Waals surface area contributed by atoms with Crippen LogP contribution in [0.25, 0.3) is 11.0 Å². The predicted octanol–water partition coefficient (Wildman–Crippen LogP) is 3.59. The minimum Gasteiger partial charge on any atom is -0.332 e. The van der Waals surface area contributed by atoms with Gasteiger partial charge in [0.1, 0.15) is 10.8 Å². The summed E-state index contributed by atoms with van der Waals surface area (Å²) < 4.78 is 30.5. The molecule has 1 N–H and O–H groups in total. The van der Waals surface area contributed by atoms with Crippen LogP contribution in [0.15, 0.2) is 17.5 Å². The number of thiazole rings is 1. The highest BCUT2D eigenvalue weighted by atomic mass is 32.2. The van der Waals surface area contributed by atoms with E-state index in [-0.39, 0.29) is 11.9 Å². The van der Waals surface area contributed by atoms with Crippen LogP contribution in [0.5, 0.6) is 0 Å². The monoisotopic (exact) mass is 492 g/mol. The first-order valence-corrected chi connectivity index (χ1v) is 13.0. The number of benzene rings is 1. The number of nitrogens with one attached hydrogen (secondary N) is 1. The fourth-order valence-electron chi connectivity index (χ4n) is 3.51. The van der Waals surface area contributed by atoms with E-state index < -0.39 is 10.2 Å². The molecule has 11 heteroatoms. The first-order chi connectivity index (χ1) is 15.3. The lowest BCUT2D eigenvalue weighted by Crippen LogP contribution is -2.31. The largest absolute Gasteiger partial charge is 0.332 e. The third-order valence-corrected chi connectivity index (χ3v) is 8.09. The lowest BCUT2D eigenvalue weighted by Gasteiger charge is -2.24. The van der Waals surface area contributed by atoms with Crippen LogP contribution >= 0.6 is 11.3 Å². The van der Waals surface area contributed by atoms with E-state index in [0.29, 0.717) is 28.2 Å². The second-order valence-corrected chi connectivity index (χ2v) is 11.7. The Morgan fingerprint density at radius 2 is 1.85 bits per heavy atom. The number of nitrogens with zero attached hydrogens (tertiary/aromatic N) is 5. The Bertz CT molecular complexity index is 1280. The van der Waals surface area contributed by atoms with Crippen molar-refractivity contribution in [3.63, 3.8) is 0 Å². The lowest BCUT2D eigenvalue weighted by atomic mass is 10.1. The molecule has 0 radical (unpaired) electrons. The first kappa shape index (κ1) is 25.1. The summed E-state index contributed by atoms with van der Waals surface area (Å²) >= 11 is 1.51. The van der Waals surface area contributed by atoms with Crippen LogP contribution in [0.3, 0.4) is 0 Å². The number of aryl methyl sites for hydroxylation is 2. The number of carbonyl (C=O) groups excluding carboxylic acids is 1. The Labute approximate surface area is 199 Å². The van der Waals surface area contributed by atoms with Gasteiger partial charge in [-0.25, -0.2) is 9.97 Å². The topological polar surface area (TPSA) is 100 Å². The van der Waals surface area contributed by atoms with Crippen molar-refractivity contribution in [2.75, 3.05) is 25.9 Å². The van der Waals surface area contributed by atoms with E-state index in [9.17, 15) is 13.2 Å². The number of imidazole rings is 1. The Morgan fingerprint density at radius 3 is 2.39 bits per heavy atom. The van der Waals surface area contributed by atoms with Gasteiger partial charge in [-0.2, -0.15) is 12.7 Å². The zero-order chi connectivity index (χ0) is 24.7. The summed E-state index contributed by atoms with van der Waals surface area (Å²) in [5.41, 5.74) is 2.84. The summed E-state index contributed by atoms with van der Waals surface area (Å²) in [5.74, 6) is 0.987. The average Bonchev–Trinajstić information content (AvgIpc) is 3.28. The van der Waals surface area contributed by atoms with E-state index in [1.54, 1.807) is 24.1 Å². The molecule has 3 aromatic rings. The fourth-order valence-corrected chi connectivity index (χ4v) is 5.00. The maximum absolute atomic E-state index is 13.7. The Hall–Kier alpha value is -2.50. The summed E-state index contributed by atoms with van der Waals surface area (Å²) in [5, 5.41) is 2.80. The highest BCUT2D eigenvalue weighted by Gasteiger charge is 2.26. The van der Waals surface area contributed by atoms with E-state index >= 15 is 0 Å². The molecule has 0 unspecified atom stereocenters. The van der Waals surface area contributed by atoms with Gasteiger partial charge < -0.3 is 9.47 Å². The van der Waals surface area contributed by atoms with E-state index in [1.807, 2.05) is 30.8 Å². The second-order valence-electron chi connectivity index (χ2n) is 8.89. The molecule has 0 spiro atoms. The van der Waals surface area contributed by atoms with Gasteiger partial charge in [0.05, 0.1) is 28.3 Å². The van der Waals surface area contributed by atoms with Crippen molar-refractivity contribution in [1.29, 1.82) is 0 Å². The molecule has 0 saturated heterocycles. The smallest absolute Gasteiger partial charge is 0.301 e. The summed E-state index contributed by atoms with van der Waals surface area (Å²) in [6.07, 6.45) is 0.738. The van der Waals surface area contributed by atoms with E-state index in [1.165, 1.54) is 25.4 Å². The number of carbonyl (C=O) groups is 1. The maximum atomic E-state index is 13.7. The van der Waals surface area contributed by atoms with Crippen LogP contribution < -0.4 is 4.72 Å². The summed E-state index contributed by atoms with van der Waals surface area (Å²) in [4.78, 5) is 24.6. The van der Waals surface area contributed by atoms with Gasteiger partial charge in [0, 0.05) is 45.7 Å². The maximum Gasteiger partial charge on any atom is 0.301 e. The van der Waals surface area contributed by atoms with Gasteiger partial charge in [0.2, 0.25) is 0 Å². The predicted molar refractivity (Wildman–Crippen MR) is 133 cm³/mol. The zero-order valence-corrected chi connectivity index (χ0v) is 22.0. The molecule has 0 aliphatic rings. The van der Waals surface area contributed by atoms with Gasteiger partial charge in [0.15, 0.2) is 0 Å². The van der Waals surface area contributed by atoms with Crippen molar-refractivity contribution in [3.05, 3.63) is 39.6 Å². The van der Waals surface area contributed by atoms with Crippen LogP contribution in [-0.2, 0) is 23.7 Å². The molecule has 0 bridgehead atoms. The quantitative estimate of drug-likeness (QED) is 0.518. The van der Waals surface area contributed by atoms with Crippen molar-refractivity contribution in [3.8, 4) is 0 Å². The number of anilines is 1. The van der Waals surface area contributed by atoms with Gasteiger partial charge in [-0.15, -0.1) is 11.3 Å². The summed E-state index contributed by atoms with van der Waals surface area (Å²) in [6.45, 7) is 8.06. The molecule has 9 nitrogen and oxygen atoms in total. The normalized spacial score (nSPS) is 13.2. The minimum absolute atomic E-state index is 0.231. The van der Waals surface area contributed by atoms with Crippen LogP contribution in [-0.4, -0.2) is 59.2 Å². The molecule has 3 rings (SSSR count). The molecule has 180 valence electrons. The molecule has 0 aliphatic carbocycles. The Morgan fingerprint density at radius 1 is 1.18 bits per heavy atom. The van der Waals surface area contributed by atoms with Gasteiger partial charge in [0.25, 0.3) is 5.91 Å². The Kier molecular flexibility index (Phi) is 7.15. The molecule has 0 aliphatic heterocycles. The van der Waals surface area contributed by atoms with E-state index in [0.717, 1.165) is 27.3 Å². The second kappa shape index (κ2) is 9.40. The number of hydrogen-bond acceptors (Lipinski definition) is 6. The molecule has 0 saturated carbocycles. The Balaban J connectivity index is 2.13. The van der Waals surface area contributed by atoms with Crippen molar-refractivity contribution < 1.29 is 13.2 Å². The molecule has 2 aromatic heterocycles. The van der Waals surface area contributed by atoms with Crippen LogP contribution in [0.2, 0.25) is 0 Å². The lowest BCUT2D eigenvalue weighted by molar-refractivity contribution is 0.0744. The molecule has 1 amide bonds. The van der Waals surface area contributed by atoms with Gasteiger partial charge in [-0.3, -0.25) is 9.52 Å². The van der Waals surface area contributed by atoms with Crippen molar-refractivity contribution in [2.45, 2.75) is 40.2 Å². The summed E-state index contributed by atoms with van der Waals surface area (Å²) in [7, 11) is 2.77.